The third-order valence-electron chi connectivity index (χ3n) is 2.70. The average Bonchev–Trinajstić information content (AvgIpc) is 2.39. The largest absolute Gasteiger partial charge is 0.497 e. The molecule has 0 N–H and O–H groups in total. The van der Waals surface area contributed by atoms with E-state index in [2.05, 4.69) is 15.9 Å². The van der Waals surface area contributed by atoms with Crippen LogP contribution in [-0.2, 0) is 4.79 Å². The van der Waals surface area contributed by atoms with Crippen molar-refractivity contribution in [3.05, 3.63) is 40.5 Å². The standard InChI is InChI=1S/C13H12BrNO3/c1-18-10-2-3-12(14)11(8-10)13(17)15-6-4-9(16)5-7-15/h2-4,6,8H,5,7H2,1H3. The number of allylic oxidation sites excluding steroid dienone is 1. The zero-order valence-corrected chi connectivity index (χ0v) is 11.4. The van der Waals surface area contributed by atoms with Crippen LogP contribution < -0.4 is 4.74 Å². The van der Waals surface area contributed by atoms with Crippen molar-refractivity contribution >= 4 is 27.6 Å². The number of ketones is 1. The van der Waals surface area contributed by atoms with E-state index in [1.807, 2.05) is 0 Å². The minimum atomic E-state index is -0.149. The summed E-state index contributed by atoms with van der Waals surface area (Å²) in [4.78, 5) is 24.9. The number of hydrogen-bond donors (Lipinski definition) is 0. The molecule has 0 atom stereocenters. The fourth-order valence-corrected chi connectivity index (χ4v) is 2.10. The molecule has 1 aliphatic rings. The van der Waals surface area contributed by atoms with Crippen molar-refractivity contribution in [1.82, 2.24) is 4.90 Å². The minimum Gasteiger partial charge on any atom is -0.497 e. The van der Waals surface area contributed by atoms with Crippen LogP contribution in [0.15, 0.2) is 34.9 Å². The number of methoxy groups -OCH3 is 1. The van der Waals surface area contributed by atoms with Crippen LogP contribution in [0.4, 0.5) is 0 Å². The van der Waals surface area contributed by atoms with Crippen molar-refractivity contribution in [2.75, 3.05) is 13.7 Å². The number of nitrogens with zero attached hydrogens (tertiary/aromatic N) is 1. The van der Waals surface area contributed by atoms with Crippen molar-refractivity contribution in [3.63, 3.8) is 0 Å². The number of benzene rings is 1. The van der Waals surface area contributed by atoms with Gasteiger partial charge in [-0.15, -0.1) is 0 Å². The van der Waals surface area contributed by atoms with Crippen molar-refractivity contribution in [2.24, 2.45) is 0 Å². The second kappa shape index (κ2) is 5.35. The van der Waals surface area contributed by atoms with Gasteiger partial charge in [0.25, 0.3) is 5.91 Å². The third kappa shape index (κ3) is 2.61. The molecule has 4 nitrogen and oxygen atoms in total. The summed E-state index contributed by atoms with van der Waals surface area (Å²) in [5.74, 6) is 0.520. The molecule has 2 rings (SSSR count). The smallest absolute Gasteiger partial charge is 0.259 e. The van der Waals surface area contributed by atoms with Crippen LogP contribution in [-0.4, -0.2) is 30.2 Å². The van der Waals surface area contributed by atoms with E-state index < -0.39 is 0 Å². The van der Waals surface area contributed by atoms with Crippen molar-refractivity contribution in [2.45, 2.75) is 6.42 Å². The first-order valence-electron chi connectivity index (χ1n) is 5.47. The molecule has 1 aliphatic heterocycles. The summed E-state index contributed by atoms with van der Waals surface area (Å²) in [6, 6.07) is 5.22. The molecule has 0 saturated carbocycles. The summed E-state index contributed by atoms with van der Waals surface area (Å²) < 4.78 is 5.81. The van der Waals surface area contributed by atoms with Crippen LogP contribution in [0.25, 0.3) is 0 Å². The Labute approximate surface area is 113 Å². The average molecular weight is 310 g/mol. The second-order valence-electron chi connectivity index (χ2n) is 3.88. The van der Waals surface area contributed by atoms with Gasteiger partial charge in [0.2, 0.25) is 0 Å². The Bertz CT molecular complexity index is 525. The molecule has 0 spiro atoms. The fourth-order valence-electron chi connectivity index (χ4n) is 1.68. The van der Waals surface area contributed by atoms with E-state index in [0.717, 1.165) is 0 Å². The molecule has 1 aromatic carbocycles. The summed E-state index contributed by atoms with van der Waals surface area (Å²) >= 11 is 3.34. The minimum absolute atomic E-state index is 0.0451. The summed E-state index contributed by atoms with van der Waals surface area (Å²) in [6.45, 7) is 0.415. The molecule has 1 heterocycles. The van der Waals surface area contributed by atoms with Gasteiger partial charge in [-0.1, -0.05) is 0 Å². The van der Waals surface area contributed by atoms with E-state index in [1.165, 1.54) is 17.2 Å². The van der Waals surface area contributed by atoms with Crippen LogP contribution in [0, 0.1) is 0 Å². The van der Waals surface area contributed by atoms with Gasteiger partial charge in [-0.2, -0.15) is 0 Å². The summed E-state index contributed by atoms with van der Waals surface area (Å²) in [7, 11) is 1.55. The Morgan fingerprint density at radius 2 is 2.22 bits per heavy atom. The Morgan fingerprint density at radius 3 is 2.83 bits per heavy atom. The zero-order chi connectivity index (χ0) is 13.1. The van der Waals surface area contributed by atoms with Crippen molar-refractivity contribution in [1.29, 1.82) is 0 Å². The lowest BCUT2D eigenvalue weighted by atomic mass is 10.1. The van der Waals surface area contributed by atoms with E-state index in [0.29, 0.717) is 28.8 Å². The van der Waals surface area contributed by atoms with Gasteiger partial charge in [-0.25, -0.2) is 0 Å². The highest BCUT2D eigenvalue weighted by Gasteiger charge is 2.20. The number of carbonyl (C=O) groups excluding carboxylic acids is 2. The molecular weight excluding hydrogens is 298 g/mol. The Balaban J connectivity index is 2.28. The maximum Gasteiger partial charge on any atom is 0.259 e. The lowest BCUT2D eigenvalue weighted by Crippen LogP contribution is -2.31. The zero-order valence-electron chi connectivity index (χ0n) is 9.85. The number of ether oxygens (including phenoxy) is 1. The topological polar surface area (TPSA) is 46.6 Å². The number of halogens is 1. The van der Waals surface area contributed by atoms with E-state index in [4.69, 9.17) is 4.74 Å². The lowest BCUT2D eigenvalue weighted by Gasteiger charge is -2.21. The predicted octanol–water partition coefficient (Wildman–Crippen LogP) is 2.39. The van der Waals surface area contributed by atoms with Gasteiger partial charge in [-0.3, -0.25) is 9.59 Å². The van der Waals surface area contributed by atoms with Crippen molar-refractivity contribution in [3.8, 4) is 5.75 Å². The SMILES string of the molecule is COc1ccc(Br)c(C(=O)N2C=CC(=O)CC2)c1. The quantitative estimate of drug-likeness (QED) is 0.842. The van der Waals surface area contributed by atoms with E-state index in [9.17, 15) is 9.59 Å². The number of carbonyl (C=O) groups is 2. The predicted molar refractivity (Wildman–Crippen MR) is 70.5 cm³/mol. The number of hydrogen-bond acceptors (Lipinski definition) is 3. The first-order valence-corrected chi connectivity index (χ1v) is 6.26. The van der Waals surface area contributed by atoms with Crippen LogP contribution in [0.2, 0.25) is 0 Å². The molecule has 1 amide bonds. The molecule has 94 valence electrons. The monoisotopic (exact) mass is 309 g/mol. The second-order valence-corrected chi connectivity index (χ2v) is 4.73. The van der Waals surface area contributed by atoms with Gasteiger partial charge in [0.15, 0.2) is 5.78 Å². The molecule has 0 radical (unpaired) electrons. The van der Waals surface area contributed by atoms with Gasteiger partial charge in [0.05, 0.1) is 12.7 Å². The number of amides is 1. The highest BCUT2D eigenvalue weighted by molar-refractivity contribution is 9.10. The first kappa shape index (κ1) is 12.8. The van der Waals surface area contributed by atoms with Gasteiger partial charge < -0.3 is 9.64 Å². The van der Waals surface area contributed by atoms with Gasteiger partial charge in [0.1, 0.15) is 5.75 Å². The molecule has 0 saturated heterocycles. The molecule has 5 heteroatoms. The Morgan fingerprint density at radius 1 is 1.44 bits per heavy atom. The molecule has 0 unspecified atom stereocenters. The highest BCUT2D eigenvalue weighted by atomic mass is 79.9. The van der Waals surface area contributed by atoms with Gasteiger partial charge >= 0.3 is 0 Å². The molecular formula is C13H12BrNO3. The third-order valence-corrected chi connectivity index (χ3v) is 3.40. The number of rotatable bonds is 2. The molecule has 1 aromatic rings. The Hall–Kier alpha value is -1.62. The maximum absolute atomic E-state index is 12.3. The molecule has 18 heavy (non-hydrogen) atoms. The van der Waals surface area contributed by atoms with E-state index >= 15 is 0 Å². The van der Waals surface area contributed by atoms with E-state index in [-0.39, 0.29) is 11.7 Å². The summed E-state index contributed by atoms with van der Waals surface area (Å²) in [5, 5.41) is 0. The fraction of sp³-hybridized carbons (Fsp3) is 0.231. The van der Waals surface area contributed by atoms with Gasteiger partial charge in [-0.05, 0) is 40.2 Å². The molecule has 0 aliphatic carbocycles. The summed E-state index contributed by atoms with van der Waals surface area (Å²) in [6.07, 6.45) is 3.32. The maximum atomic E-state index is 12.3. The highest BCUT2D eigenvalue weighted by Crippen LogP contribution is 2.24. The van der Waals surface area contributed by atoms with Gasteiger partial charge in [0, 0.05) is 23.6 Å². The molecule has 0 bridgehead atoms. The van der Waals surface area contributed by atoms with Crippen LogP contribution in [0.3, 0.4) is 0 Å². The van der Waals surface area contributed by atoms with E-state index in [1.54, 1.807) is 25.3 Å². The first-order chi connectivity index (χ1) is 8.61. The molecule has 0 fully saturated rings. The lowest BCUT2D eigenvalue weighted by molar-refractivity contribution is -0.115. The van der Waals surface area contributed by atoms with Crippen LogP contribution >= 0.6 is 15.9 Å². The van der Waals surface area contributed by atoms with Crippen LogP contribution in [0.5, 0.6) is 5.75 Å². The van der Waals surface area contributed by atoms with Crippen molar-refractivity contribution < 1.29 is 14.3 Å². The Kier molecular flexibility index (Phi) is 3.81. The molecule has 0 aromatic heterocycles. The summed E-state index contributed by atoms with van der Waals surface area (Å²) in [5.41, 5.74) is 0.522. The van der Waals surface area contributed by atoms with Crippen LogP contribution in [0.1, 0.15) is 16.8 Å². The normalized spacial score (nSPS) is 14.8.